The lowest BCUT2D eigenvalue weighted by Crippen LogP contribution is -2.39. The predicted molar refractivity (Wildman–Crippen MR) is 44.3 cm³/mol. The molecule has 0 saturated carbocycles. The highest BCUT2D eigenvalue weighted by molar-refractivity contribution is 5.21. The maximum absolute atomic E-state index is 12.8. The first-order chi connectivity index (χ1) is 6.85. The van der Waals surface area contributed by atoms with Gasteiger partial charge in [0.05, 0.1) is 0 Å². The fourth-order valence-corrected chi connectivity index (χ4v) is 1.03. The summed E-state index contributed by atoms with van der Waals surface area (Å²) in [5, 5.41) is 0. The maximum atomic E-state index is 12.8. The molecule has 84 valence electrons. The van der Waals surface area contributed by atoms with Crippen LogP contribution in [0.15, 0.2) is 24.3 Å². The summed E-state index contributed by atoms with van der Waals surface area (Å²) in [4.78, 5) is 0. The van der Waals surface area contributed by atoms with Crippen molar-refractivity contribution in [2.75, 3.05) is 0 Å². The van der Waals surface area contributed by atoms with E-state index in [1.54, 1.807) is 0 Å². The Morgan fingerprint density at radius 3 is 1.93 bits per heavy atom. The van der Waals surface area contributed by atoms with E-state index >= 15 is 0 Å². The van der Waals surface area contributed by atoms with Crippen LogP contribution in [-0.4, -0.2) is 12.3 Å². The predicted octanol–water partition coefficient (Wildman–Crippen LogP) is 2.73. The quantitative estimate of drug-likeness (QED) is 0.786. The van der Waals surface area contributed by atoms with E-state index in [0.29, 0.717) is 0 Å². The molecule has 0 aliphatic heterocycles. The molecular weight excluding hydrogens is 217 g/mol. The zero-order valence-corrected chi connectivity index (χ0v) is 7.43. The zero-order valence-electron chi connectivity index (χ0n) is 7.43. The first kappa shape index (κ1) is 11.9. The van der Waals surface area contributed by atoms with Crippen LogP contribution in [0.4, 0.5) is 22.0 Å². The minimum Gasteiger partial charge on any atom is -0.319 e. The molecule has 1 aromatic carbocycles. The number of nitrogens with two attached hydrogens (primary N) is 1. The number of hydrogen-bond donors (Lipinski definition) is 1. The Kier molecular flexibility index (Phi) is 3.28. The molecule has 0 amide bonds. The van der Waals surface area contributed by atoms with Crippen molar-refractivity contribution in [2.24, 2.45) is 5.73 Å². The molecule has 2 N–H and O–H groups in total. The third-order valence-corrected chi connectivity index (χ3v) is 1.93. The van der Waals surface area contributed by atoms with Gasteiger partial charge in [0.15, 0.2) is 0 Å². The van der Waals surface area contributed by atoms with E-state index in [9.17, 15) is 22.0 Å². The average molecular weight is 225 g/mol. The largest absolute Gasteiger partial charge is 0.326 e. The lowest BCUT2D eigenvalue weighted by atomic mass is 10.0. The van der Waals surface area contributed by atoms with Crippen LogP contribution >= 0.6 is 0 Å². The summed E-state index contributed by atoms with van der Waals surface area (Å²) in [6.07, 6.45) is -3.85. The molecule has 1 rings (SSSR count). The third kappa shape index (κ3) is 2.44. The average Bonchev–Trinajstić information content (AvgIpc) is 2.17. The van der Waals surface area contributed by atoms with Gasteiger partial charge in [-0.15, -0.1) is 0 Å². The van der Waals surface area contributed by atoms with Crippen molar-refractivity contribution < 1.29 is 22.0 Å². The van der Waals surface area contributed by atoms with Crippen molar-refractivity contribution in [1.29, 1.82) is 0 Å². The van der Waals surface area contributed by atoms with Crippen molar-refractivity contribution in [3.05, 3.63) is 35.6 Å². The van der Waals surface area contributed by atoms with Gasteiger partial charge in [0.2, 0.25) is 0 Å². The fraction of sp³-hybridized carbons (Fsp3) is 0.333. The Morgan fingerprint density at radius 2 is 1.53 bits per heavy atom. The molecule has 0 fully saturated rings. The molecule has 0 saturated heterocycles. The zero-order chi connectivity index (χ0) is 11.6. The van der Waals surface area contributed by atoms with Gasteiger partial charge in [-0.05, 0) is 17.7 Å². The Bertz CT molecular complexity index is 322. The second kappa shape index (κ2) is 4.14. The highest BCUT2D eigenvalue weighted by Gasteiger charge is 2.47. The molecule has 1 atom stereocenters. The summed E-state index contributed by atoms with van der Waals surface area (Å²) in [6.45, 7) is 0. The van der Waals surface area contributed by atoms with Crippen LogP contribution in [0.1, 0.15) is 11.6 Å². The number of benzene rings is 1. The lowest BCUT2D eigenvalue weighted by molar-refractivity contribution is -0.144. The molecule has 0 aliphatic carbocycles. The Labute approximate surface area is 82.7 Å². The Morgan fingerprint density at radius 1 is 1.07 bits per heavy atom. The van der Waals surface area contributed by atoms with Crippen LogP contribution in [0, 0.1) is 5.82 Å². The summed E-state index contributed by atoms with van der Waals surface area (Å²) in [7, 11) is 0. The molecule has 0 aliphatic rings. The minimum absolute atomic E-state index is 0.235. The molecule has 0 spiro atoms. The Balaban J connectivity index is 2.94. The molecule has 1 unspecified atom stereocenters. The van der Waals surface area contributed by atoms with Gasteiger partial charge in [-0.1, -0.05) is 12.1 Å². The molecule has 1 nitrogen and oxygen atoms in total. The molecular formula is C9H8F5N. The highest BCUT2D eigenvalue weighted by atomic mass is 19.3. The minimum atomic E-state index is -4.32. The molecule has 0 aromatic heterocycles. The third-order valence-electron chi connectivity index (χ3n) is 1.93. The van der Waals surface area contributed by atoms with E-state index in [1.807, 2.05) is 0 Å². The normalized spacial score (nSPS) is 14.3. The van der Waals surface area contributed by atoms with Gasteiger partial charge in [0, 0.05) is 0 Å². The number of alkyl halides is 4. The van der Waals surface area contributed by atoms with E-state index in [1.165, 1.54) is 0 Å². The molecule has 0 heterocycles. The number of hydrogen-bond acceptors (Lipinski definition) is 1. The van der Waals surface area contributed by atoms with Crippen molar-refractivity contribution in [3.8, 4) is 0 Å². The first-order valence-corrected chi connectivity index (χ1v) is 4.02. The van der Waals surface area contributed by atoms with E-state index < -0.39 is 24.2 Å². The van der Waals surface area contributed by atoms with E-state index in [-0.39, 0.29) is 5.56 Å². The van der Waals surface area contributed by atoms with Crippen LogP contribution in [0.2, 0.25) is 0 Å². The second-order valence-corrected chi connectivity index (χ2v) is 3.00. The van der Waals surface area contributed by atoms with Crippen LogP contribution in [0.25, 0.3) is 0 Å². The standard InChI is InChI=1S/C9H8F5N/c10-6-3-1-5(2-4-6)7(15)9(13,14)8(11)12/h1-4,7-8H,15H2. The fourth-order valence-electron chi connectivity index (χ4n) is 1.03. The summed E-state index contributed by atoms with van der Waals surface area (Å²) < 4.78 is 61.8. The van der Waals surface area contributed by atoms with Crippen molar-refractivity contribution in [2.45, 2.75) is 18.4 Å². The van der Waals surface area contributed by atoms with Gasteiger partial charge in [-0.3, -0.25) is 0 Å². The summed E-state index contributed by atoms with van der Waals surface area (Å²) in [5.41, 5.74) is 4.74. The number of rotatable bonds is 3. The summed E-state index contributed by atoms with van der Waals surface area (Å²) in [6, 6.07) is 1.54. The molecule has 6 heteroatoms. The van der Waals surface area contributed by atoms with Crippen LogP contribution in [0.5, 0.6) is 0 Å². The van der Waals surface area contributed by atoms with Crippen molar-refractivity contribution >= 4 is 0 Å². The summed E-state index contributed by atoms with van der Waals surface area (Å²) in [5.74, 6) is -4.97. The monoisotopic (exact) mass is 225 g/mol. The maximum Gasteiger partial charge on any atom is 0.326 e. The lowest BCUT2D eigenvalue weighted by Gasteiger charge is -2.22. The van der Waals surface area contributed by atoms with Gasteiger partial charge in [-0.2, -0.15) is 8.78 Å². The van der Waals surface area contributed by atoms with E-state index in [2.05, 4.69) is 0 Å². The molecule has 0 bridgehead atoms. The van der Waals surface area contributed by atoms with E-state index in [4.69, 9.17) is 5.73 Å². The van der Waals surface area contributed by atoms with Gasteiger partial charge >= 0.3 is 12.3 Å². The number of halogens is 5. The molecule has 1 aromatic rings. The smallest absolute Gasteiger partial charge is 0.319 e. The highest BCUT2D eigenvalue weighted by Crippen LogP contribution is 2.34. The second-order valence-electron chi connectivity index (χ2n) is 3.00. The van der Waals surface area contributed by atoms with Crippen LogP contribution in [-0.2, 0) is 0 Å². The first-order valence-electron chi connectivity index (χ1n) is 4.02. The van der Waals surface area contributed by atoms with Gasteiger partial charge in [-0.25, -0.2) is 13.2 Å². The van der Waals surface area contributed by atoms with Crippen LogP contribution in [0.3, 0.4) is 0 Å². The van der Waals surface area contributed by atoms with E-state index in [0.717, 1.165) is 24.3 Å². The van der Waals surface area contributed by atoms with Crippen LogP contribution < -0.4 is 5.73 Å². The topological polar surface area (TPSA) is 26.0 Å². The van der Waals surface area contributed by atoms with Gasteiger partial charge in [0.25, 0.3) is 0 Å². The van der Waals surface area contributed by atoms with Gasteiger partial charge < -0.3 is 5.73 Å². The SMILES string of the molecule is NC(c1ccc(F)cc1)C(F)(F)C(F)F. The summed E-state index contributed by atoms with van der Waals surface area (Å²) >= 11 is 0. The van der Waals surface area contributed by atoms with Gasteiger partial charge in [0.1, 0.15) is 11.9 Å². The van der Waals surface area contributed by atoms with Crippen molar-refractivity contribution in [1.82, 2.24) is 0 Å². The molecule has 0 radical (unpaired) electrons. The van der Waals surface area contributed by atoms with Crippen molar-refractivity contribution in [3.63, 3.8) is 0 Å². The molecule has 15 heavy (non-hydrogen) atoms. The Hall–Kier alpha value is -1.17.